The van der Waals surface area contributed by atoms with Crippen molar-refractivity contribution in [3.05, 3.63) is 66.5 Å². The molecule has 0 unspecified atom stereocenters. The van der Waals surface area contributed by atoms with Gasteiger partial charge in [-0.15, -0.1) is 5.10 Å². The number of amides is 1. The van der Waals surface area contributed by atoms with Gasteiger partial charge in [-0.3, -0.25) is 9.69 Å². The molecule has 0 bridgehead atoms. The summed E-state index contributed by atoms with van der Waals surface area (Å²) < 4.78 is 1.77. The van der Waals surface area contributed by atoms with Gasteiger partial charge in [0, 0.05) is 44.8 Å². The first-order valence-electron chi connectivity index (χ1n) is 11.6. The van der Waals surface area contributed by atoms with Crippen LogP contribution in [0, 0.1) is 0 Å². The van der Waals surface area contributed by atoms with E-state index in [0.717, 1.165) is 50.5 Å². The number of carbonyl (C=O) groups is 1. The first-order valence-corrected chi connectivity index (χ1v) is 11.6. The summed E-state index contributed by atoms with van der Waals surface area (Å²) in [5.74, 6) is 0.860. The van der Waals surface area contributed by atoms with Crippen molar-refractivity contribution >= 4 is 5.91 Å². The van der Waals surface area contributed by atoms with E-state index in [0.29, 0.717) is 5.82 Å². The van der Waals surface area contributed by atoms with Crippen LogP contribution in [0.15, 0.2) is 60.7 Å². The van der Waals surface area contributed by atoms with E-state index >= 15 is 0 Å². The molecule has 3 aromatic rings. The molecule has 0 spiro atoms. The fourth-order valence-corrected chi connectivity index (χ4v) is 4.53. The largest absolute Gasteiger partial charge is 0.333 e. The number of para-hydroxylation sites is 1. The van der Waals surface area contributed by atoms with Crippen LogP contribution < -0.4 is 0 Å². The summed E-state index contributed by atoms with van der Waals surface area (Å²) >= 11 is 0. The van der Waals surface area contributed by atoms with E-state index in [1.807, 2.05) is 65.6 Å². The normalized spacial score (nSPS) is 17.7. The molecule has 2 saturated heterocycles. The summed E-state index contributed by atoms with van der Waals surface area (Å²) in [5.41, 5.74) is 1.83. The highest BCUT2D eigenvalue weighted by Gasteiger charge is 2.27. The minimum absolute atomic E-state index is 0.0870. The summed E-state index contributed by atoms with van der Waals surface area (Å²) in [6, 6.07) is 19.8. The Kier molecular flexibility index (Phi) is 6.27. The maximum atomic E-state index is 13.3. The Bertz CT molecular complexity index is 964. The Morgan fingerprint density at radius 3 is 2.00 bits per heavy atom. The maximum absolute atomic E-state index is 13.3. The van der Waals surface area contributed by atoms with E-state index < -0.39 is 0 Å². The smallest absolute Gasteiger partial charge is 0.293 e. The SMILES string of the molecule is O=C(c1nc(-c2ccccc2)n(-c2ccccc2)n1)N1CCN(CCN2CCCC2)CC1. The first-order chi connectivity index (χ1) is 15.8. The summed E-state index contributed by atoms with van der Waals surface area (Å²) in [7, 11) is 0. The van der Waals surface area contributed by atoms with Gasteiger partial charge < -0.3 is 9.80 Å². The third-order valence-electron chi connectivity index (χ3n) is 6.42. The number of carbonyl (C=O) groups excluding carboxylic acids is 1. The molecule has 5 rings (SSSR count). The Hall–Kier alpha value is -3.03. The predicted molar refractivity (Wildman–Crippen MR) is 125 cm³/mol. The fourth-order valence-electron chi connectivity index (χ4n) is 4.53. The zero-order valence-electron chi connectivity index (χ0n) is 18.4. The van der Waals surface area contributed by atoms with Gasteiger partial charge >= 0.3 is 0 Å². The van der Waals surface area contributed by atoms with E-state index in [1.165, 1.54) is 25.9 Å². The molecule has 7 heteroatoms. The van der Waals surface area contributed by atoms with E-state index in [4.69, 9.17) is 0 Å². The molecule has 0 N–H and O–H groups in total. The van der Waals surface area contributed by atoms with Crippen molar-refractivity contribution in [2.24, 2.45) is 0 Å². The Balaban J connectivity index is 1.29. The number of hydrogen-bond acceptors (Lipinski definition) is 5. The molecule has 1 amide bonds. The van der Waals surface area contributed by atoms with Gasteiger partial charge in [0.25, 0.3) is 5.91 Å². The Morgan fingerprint density at radius 1 is 0.750 bits per heavy atom. The first kappa shape index (κ1) is 20.8. The predicted octanol–water partition coefficient (Wildman–Crippen LogP) is 2.79. The number of rotatable bonds is 6. The lowest BCUT2D eigenvalue weighted by Gasteiger charge is -2.34. The van der Waals surface area contributed by atoms with E-state index in [2.05, 4.69) is 19.9 Å². The van der Waals surface area contributed by atoms with Gasteiger partial charge in [0.05, 0.1) is 5.69 Å². The highest BCUT2D eigenvalue weighted by atomic mass is 16.2. The van der Waals surface area contributed by atoms with Crippen molar-refractivity contribution in [3.63, 3.8) is 0 Å². The van der Waals surface area contributed by atoms with Crippen LogP contribution in [0.5, 0.6) is 0 Å². The molecule has 1 aromatic heterocycles. The zero-order chi connectivity index (χ0) is 21.8. The number of nitrogens with zero attached hydrogens (tertiary/aromatic N) is 6. The highest BCUT2D eigenvalue weighted by molar-refractivity contribution is 5.91. The molecule has 0 aliphatic carbocycles. The molecular formula is C25H30N6O. The van der Waals surface area contributed by atoms with Gasteiger partial charge in [0.2, 0.25) is 5.82 Å². The minimum Gasteiger partial charge on any atom is -0.333 e. The molecule has 7 nitrogen and oxygen atoms in total. The lowest BCUT2D eigenvalue weighted by molar-refractivity contribution is 0.0615. The monoisotopic (exact) mass is 430 g/mol. The van der Waals surface area contributed by atoms with Crippen LogP contribution in [0.4, 0.5) is 0 Å². The quantitative estimate of drug-likeness (QED) is 0.602. The van der Waals surface area contributed by atoms with E-state index in [-0.39, 0.29) is 11.7 Å². The van der Waals surface area contributed by atoms with Crippen LogP contribution in [0.3, 0.4) is 0 Å². The second kappa shape index (κ2) is 9.63. The van der Waals surface area contributed by atoms with Gasteiger partial charge in [-0.05, 0) is 38.1 Å². The maximum Gasteiger partial charge on any atom is 0.293 e. The number of piperazine rings is 1. The van der Waals surface area contributed by atoms with E-state index in [9.17, 15) is 4.79 Å². The van der Waals surface area contributed by atoms with Crippen LogP contribution in [-0.4, -0.2) is 87.7 Å². The van der Waals surface area contributed by atoms with Crippen LogP contribution >= 0.6 is 0 Å². The van der Waals surface area contributed by atoms with Gasteiger partial charge in [-0.25, -0.2) is 9.67 Å². The van der Waals surface area contributed by atoms with Gasteiger partial charge in [-0.1, -0.05) is 48.5 Å². The third kappa shape index (κ3) is 4.59. The third-order valence-corrected chi connectivity index (χ3v) is 6.42. The molecule has 0 atom stereocenters. The van der Waals surface area contributed by atoms with Crippen LogP contribution in [0.2, 0.25) is 0 Å². The minimum atomic E-state index is -0.0870. The number of benzene rings is 2. The number of aromatic nitrogens is 3. The topological polar surface area (TPSA) is 57.5 Å². The zero-order valence-corrected chi connectivity index (χ0v) is 18.4. The average molecular weight is 431 g/mol. The molecule has 0 saturated carbocycles. The Morgan fingerprint density at radius 2 is 1.34 bits per heavy atom. The Labute approximate surface area is 189 Å². The number of hydrogen-bond donors (Lipinski definition) is 0. The molecule has 2 aliphatic heterocycles. The lowest BCUT2D eigenvalue weighted by atomic mass is 10.2. The summed E-state index contributed by atoms with van der Waals surface area (Å²) in [5, 5.41) is 4.63. The molecule has 2 aromatic carbocycles. The van der Waals surface area contributed by atoms with Crippen LogP contribution in [0.1, 0.15) is 23.5 Å². The summed E-state index contributed by atoms with van der Waals surface area (Å²) in [6.07, 6.45) is 2.66. The second-order valence-corrected chi connectivity index (χ2v) is 8.55. The molecular weight excluding hydrogens is 400 g/mol. The van der Waals surface area contributed by atoms with Crippen LogP contribution in [-0.2, 0) is 0 Å². The molecule has 166 valence electrons. The van der Waals surface area contributed by atoms with Crippen LogP contribution in [0.25, 0.3) is 17.1 Å². The van der Waals surface area contributed by atoms with Gasteiger partial charge in [0.1, 0.15) is 0 Å². The standard InChI is InChI=1S/C25H30N6O/c32-25(30-19-17-29(18-20-30)16-15-28-13-7-8-14-28)23-26-24(21-9-3-1-4-10-21)31(27-23)22-11-5-2-6-12-22/h1-6,9-12H,7-8,13-20H2. The van der Waals surface area contributed by atoms with Crippen molar-refractivity contribution < 1.29 is 4.79 Å². The second-order valence-electron chi connectivity index (χ2n) is 8.55. The van der Waals surface area contributed by atoms with Crippen molar-refractivity contribution in [2.75, 3.05) is 52.4 Å². The number of likely N-dealkylation sites (tertiary alicyclic amines) is 1. The van der Waals surface area contributed by atoms with Crippen molar-refractivity contribution in [1.29, 1.82) is 0 Å². The average Bonchev–Trinajstić information content (AvgIpc) is 3.54. The fraction of sp³-hybridized carbons (Fsp3) is 0.400. The highest BCUT2D eigenvalue weighted by Crippen LogP contribution is 2.21. The van der Waals surface area contributed by atoms with E-state index in [1.54, 1.807) is 4.68 Å². The summed E-state index contributed by atoms with van der Waals surface area (Å²) in [4.78, 5) is 24.8. The molecule has 32 heavy (non-hydrogen) atoms. The molecule has 0 radical (unpaired) electrons. The lowest BCUT2D eigenvalue weighted by Crippen LogP contribution is -2.50. The van der Waals surface area contributed by atoms with Gasteiger partial charge in [-0.2, -0.15) is 0 Å². The van der Waals surface area contributed by atoms with Crippen molar-refractivity contribution in [1.82, 2.24) is 29.5 Å². The van der Waals surface area contributed by atoms with Crippen molar-refractivity contribution in [2.45, 2.75) is 12.8 Å². The molecule has 2 fully saturated rings. The summed E-state index contributed by atoms with van der Waals surface area (Å²) in [6.45, 7) is 7.95. The molecule has 2 aliphatic rings. The van der Waals surface area contributed by atoms with Crippen molar-refractivity contribution in [3.8, 4) is 17.1 Å². The molecule has 3 heterocycles. The van der Waals surface area contributed by atoms with Gasteiger partial charge in [0.15, 0.2) is 5.82 Å².